The first-order valence-corrected chi connectivity index (χ1v) is 7.00. The highest BCUT2D eigenvalue weighted by Crippen LogP contribution is 2.18. The first kappa shape index (κ1) is 14.8. The molecule has 20 heavy (non-hydrogen) atoms. The molecule has 0 saturated carbocycles. The molecule has 0 amide bonds. The van der Waals surface area contributed by atoms with Crippen LogP contribution in [0.2, 0.25) is 5.02 Å². The Kier molecular flexibility index (Phi) is 5.32. The number of nitrogens with zero attached hydrogens (tertiary/aromatic N) is 2. The lowest BCUT2D eigenvalue weighted by molar-refractivity contribution is 0.101. The summed E-state index contributed by atoms with van der Waals surface area (Å²) < 4.78 is 2.05. The zero-order valence-electron chi connectivity index (χ0n) is 11.5. The fourth-order valence-corrected chi connectivity index (χ4v) is 2.19. The van der Waals surface area contributed by atoms with Crippen molar-refractivity contribution in [3.8, 4) is 0 Å². The number of nitrogens with one attached hydrogen (secondary N) is 1. The molecule has 0 spiro atoms. The summed E-state index contributed by atoms with van der Waals surface area (Å²) in [4.78, 5) is 15.2. The minimum atomic E-state index is 0.0340. The van der Waals surface area contributed by atoms with Gasteiger partial charge in [0, 0.05) is 36.1 Å². The van der Waals surface area contributed by atoms with Crippen molar-refractivity contribution in [2.24, 2.45) is 0 Å². The van der Waals surface area contributed by atoms with Crippen molar-refractivity contribution in [1.82, 2.24) is 14.9 Å². The van der Waals surface area contributed by atoms with Gasteiger partial charge in [0.2, 0.25) is 0 Å². The Labute approximate surface area is 123 Å². The third-order valence-corrected chi connectivity index (χ3v) is 3.46. The Bertz CT molecular complexity index is 567. The molecule has 106 valence electrons. The van der Waals surface area contributed by atoms with E-state index in [4.69, 9.17) is 11.6 Å². The Morgan fingerprint density at radius 1 is 1.45 bits per heavy atom. The molecule has 1 heterocycles. The van der Waals surface area contributed by atoms with Gasteiger partial charge in [-0.3, -0.25) is 4.79 Å². The normalized spacial score (nSPS) is 10.7. The van der Waals surface area contributed by atoms with E-state index in [0.717, 1.165) is 25.1 Å². The van der Waals surface area contributed by atoms with Crippen molar-refractivity contribution in [2.75, 3.05) is 6.54 Å². The number of ketones is 1. The van der Waals surface area contributed by atoms with Crippen LogP contribution in [0.1, 0.15) is 29.3 Å². The smallest absolute Gasteiger partial charge is 0.159 e. The van der Waals surface area contributed by atoms with Crippen LogP contribution in [0.15, 0.2) is 36.9 Å². The molecule has 1 N–H and O–H groups in total. The summed E-state index contributed by atoms with van der Waals surface area (Å²) >= 11 is 6.16. The van der Waals surface area contributed by atoms with Crippen LogP contribution in [-0.4, -0.2) is 21.9 Å². The van der Waals surface area contributed by atoms with Gasteiger partial charge in [0.25, 0.3) is 0 Å². The molecule has 0 radical (unpaired) electrons. The van der Waals surface area contributed by atoms with Crippen LogP contribution in [0, 0.1) is 0 Å². The van der Waals surface area contributed by atoms with Crippen molar-refractivity contribution < 1.29 is 4.79 Å². The topological polar surface area (TPSA) is 46.9 Å². The van der Waals surface area contributed by atoms with E-state index in [-0.39, 0.29) is 5.78 Å². The molecule has 5 heteroatoms. The quantitative estimate of drug-likeness (QED) is 0.630. The zero-order valence-corrected chi connectivity index (χ0v) is 12.2. The summed E-state index contributed by atoms with van der Waals surface area (Å²) in [6.07, 6.45) is 6.58. The summed E-state index contributed by atoms with van der Waals surface area (Å²) in [7, 11) is 0. The fourth-order valence-electron chi connectivity index (χ4n) is 1.94. The van der Waals surface area contributed by atoms with Crippen LogP contribution in [0.25, 0.3) is 0 Å². The highest BCUT2D eigenvalue weighted by Gasteiger charge is 2.04. The Morgan fingerprint density at radius 3 is 2.95 bits per heavy atom. The number of rotatable bonds is 7. The van der Waals surface area contributed by atoms with E-state index in [1.807, 2.05) is 24.7 Å². The van der Waals surface area contributed by atoms with E-state index in [1.165, 1.54) is 0 Å². The first-order chi connectivity index (χ1) is 9.66. The maximum absolute atomic E-state index is 11.2. The van der Waals surface area contributed by atoms with E-state index in [9.17, 15) is 4.79 Å². The van der Waals surface area contributed by atoms with Gasteiger partial charge in [0.05, 0.1) is 6.33 Å². The van der Waals surface area contributed by atoms with Gasteiger partial charge in [0.15, 0.2) is 5.78 Å². The number of halogens is 1. The molecule has 0 aliphatic carbocycles. The Balaban J connectivity index is 1.75. The number of carbonyl (C=O) groups excluding carboxylic acids is 1. The molecule has 0 aliphatic heterocycles. The average Bonchev–Trinajstić information content (AvgIpc) is 2.93. The van der Waals surface area contributed by atoms with Gasteiger partial charge < -0.3 is 9.88 Å². The number of Topliss-reactive ketones (excluding diaryl/α,β-unsaturated/α-hetero) is 1. The second kappa shape index (κ2) is 7.22. The second-order valence-corrected chi connectivity index (χ2v) is 5.10. The molecule has 2 rings (SSSR count). The number of aryl methyl sites for hydroxylation is 1. The van der Waals surface area contributed by atoms with Crippen LogP contribution in [0.3, 0.4) is 0 Å². The fraction of sp³-hybridized carbons (Fsp3) is 0.333. The number of aromatic nitrogens is 2. The summed E-state index contributed by atoms with van der Waals surface area (Å²) in [5, 5.41) is 3.99. The molecular formula is C15H18ClN3O. The minimum Gasteiger partial charge on any atom is -0.337 e. The largest absolute Gasteiger partial charge is 0.337 e. The highest BCUT2D eigenvalue weighted by atomic mass is 35.5. The van der Waals surface area contributed by atoms with Gasteiger partial charge in [0.1, 0.15) is 0 Å². The van der Waals surface area contributed by atoms with E-state index >= 15 is 0 Å². The lowest BCUT2D eigenvalue weighted by Gasteiger charge is -2.08. The number of imidazole rings is 1. The van der Waals surface area contributed by atoms with E-state index < -0.39 is 0 Å². The number of hydrogen-bond acceptors (Lipinski definition) is 3. The molecule has 0 fully saturated rings. The van der Waals surface area contributed by atoms with Crippen molar-refractivity contribution in [3.63, 3.8) is 0 Å². The lowest BCUT2D eigenvalue weighted by atomic mass is 10.1. The zero-order chi connectivity index (χ0) is 14.4. The third kappa shape index (κ3) is 4.18. The van der Waals surface area contributed by atoms with Crippen molar-refractivity contribution in [3.05, 3.63) is 53.1 Å². The molecular weight excluding hydrogens is 274 g/mol. The van der Waals surface area contributed by atoms with Gasteiger partial charge in [-0.05, 0) is 31.5 Å². The summed E-state index contributed by atoms with van der Waals surface area (Å²) in [6, 6.07) is 5.45. The van der Waals surface area contributed by atoms with E-state index in [2.05, 4.69) is 14.9 Å². The van der Waals surface area contributed by atoms with Gasteiger partial charge in [-0.2, -0.15) is 0 Å². The standard InChI is InChI=1S/C15H18ClN3O/c1-12(20)13-3-4-14(15(16)9-13)10-17-5-2-7-19-8-6-18-11-19/h3-4,6,8-9,11,17H,2,5,7,10H2,1H3. The third-order valence-electron chi connectivity index (χ3n) is 3.10. The average molecular weight is 292 g/mol. The molecule has 0 aliphatic rings. The van der Waals surface area contributed by atoms with Crippen LogP contribution >= 0.6 is 11.6 Å². The van der Waals surface area contributed by atoms with E-state index in [1.54, 1.807) is 19.2 Å². The predicted molar refractivity (Wildman–Crippen MR) is 80.0 cm³/mol. The first-order valence-electron chi connectivity index (χ1n) is 6.62. The minimum absolute atomic E-state index is 0.0340. The molecule has 1 aromatic heterocycles. The molecule has 0 unspecified atom stereocenters. The maximum Gasteiger partial charge on any atom is 0.159 e. The number of hydrogen-bond donors (Lipinski definition) is 1. The SMILES string of the molecule is CC(=O)c1ccc(CNCCCn2ccnc2)c(Cl)c1. The molecule has 0 bridgehead atoms. The summed E-state index contributed by atoms with van der Waals surface area (Å²) in [5.41, 5.74) is 1.66. The van der Waals surface area contributed by atoms with Crippen molar-refractivity contribution in [2.45, 2.75) is 26.4 Å². The molecule has 1 aromatic carbocycles. The van der Waals surface area contributed by atoms with Crippen molar-refractivity contribution in [1.29, 1.82) is 0 Å². The highest BCUT2D eigenvalue weighted by molar-refractivity contribution is 6.31. The molecule has 0 saturated heterocycles. The number of benzene rings is 1. The van der Waals surface area contributed by atoms with Crippen LogP contribution in [-0.2, 0) is 13.1 Å². The van der Waals surface area contributed by atoms with Crippen LogP contribution < -0.4 is 5.32 Å². The monoisotopic (exact) mass is 291 g/mol. The van der Waals surface area contributed by atoms with Crippen LogP contribution in [0.4, 0.5) is 0 Å². The summed E-state index contributed by atoms with van der Waals surface area (Å²) in [5.74, 6) is 0.0340. The van der Waals surface area contributed by atoms with Gasteiger partial charge in [-0.15, -0.1) is 0 Å². The predicted octanol–water partition coefficient (Wildman–Crippen LogP) is 2.92. The maximum atomic E-state index is 11.2. The second-order valence-electron chi connectivity index (χ2n) is 4.69. The van der Waals surface area contributed by atoms with Gasteiger partial charge >= 0.3 is 0 Å². The molecule has 0 atom stereocenters. The molecule has 4 nitrogen and oxygen atoms in total. The lowest BCUT2D eigenvalue weighted by Crippen LogP contribution is -2.16. The van der Waals surface area contributed by atoms with Gasteiger partial charge in [-0.1, -0.05) is 23.7 Å². The van der Waals surface area contributed by atoms with Crippen LogP contribution in [0.5, 0.6) is 0 Å². The van der Waals surface area contributed by atoms with Gasteiger partial charge in [-0.25, -0.2) is 4.98 Å². The number of carbonyl (C=O) groups is 1. The molecule has 2 aromatic rings. The summed E-state index contributed by atoms with van der Waals surface area (Å²) in [6.45, 7) is 4.10. The van der Waals surface area contributed by atoms with E-state index in [0.29, 0.717) is 17.1 Å². The Hall–Kier alpha value is -1.65. The van der Waals surface area contributed by atoms with Crippen molar-refractivity contribution >= 4 is 17.4 Å². The Morgan fingerprint density at radius 2 is 2.30 bits per heavy atom.